The summed E-state index contributed by atoms with van der Waals surface area (Å²) < 4.78 is 5.58. The Labute approximate surface area is 85.4 Å². The van der Waals surface area contributed by atoms with Gasteiger partial charge in [0, 0.05) is 13.1 Å². The summed E-state index contributed by atoms with van der Waals surface area (Å²) >= 11 is 0. The molecule has 0 radical (unpaired) electrons. The highest BCUT2D eigenvalue weighted by molar-refractivity contribution is 5.72. The molecule has 1 rings (SSSR count). The number of urea groups is 1. The summed E-state index contributed by atoms with van der Waals surface area (Å²) in [5.74, 6) is 0. The monoisotopic (exact) mass is 200 g/mol. The summed E-state index contributed by atoms with van der Waals surface area (Å²) in [6.07, 6.45) is 1.09. The second-order valence-electron chi connectivity index (χ2n) is 5.04. The zero-order valence-electron chi connectivity index (χ0n) is 9.25. The smallest absolute Gasteiger partial charge is 0.314 e. The van der Waals surface area contributed by atoms with E-state index in [2.05, 4.69) is 20.8 Å². The van der Waals surface area contributed by atoms with E-state index < -0.39 is 0 Å². The number of primary amides is 1. The van der Waals surface area contributed by atoms with Crippen molar-refractivity contribution in [3.8, 4) is 0 Å². The maximum absolute atomic E-state index is 11.0. The van der Waals surface area contributed by atoms with Gasteiger partial charge in [-0.15, -0.1) is 0 Å². The third-order valence-corrected chi connectivity index (χ3v) is 2.29. The molecule has 1 fully saturated rings. The number of nitrogens with two attached hydrogens (primary N) is 1. The Morgan fingerprint density at radius 2 is 2.21 bits per heavy atom. The number of nitrogens with zero attached hydrogens (tertiary/aromatic N) is 1. The number of ether oxygens (including phenoxy) is 1. The molecule has 1 aliphatic heterocycles. The van der Waals surface area contributed by atoms with E-state index in [9.17, 15) is 4.79 Å². The van der Waals surface area contributed by atoms with Crippen molar-refractivity contribution in [3.63, 3.8) is 0 Å². The fourth-order valence-electron chi connectivity index (χ4n) is 1.73. The molecule has 0 spiro atoms. The van der Waals surface area contributed by atoms with Gasteiger partial charge in [-0.25, -0.2) is 4.79 Å². The van der Waals surface area contributed by atoms with Gasteiger partial charge in [-0.1, -0.05) is 20.8 Å². The van der Waals surface area contributed by atoms with Crippen molar-refractivity contribution < 1.29 is 9.53 Å². The third-order valence-electron chi connectivity index (χ3n) is 2.29. The molecule has 4 nitrogen and oxygen atoms in total. The van der Waals surface area contributed by atoms with E-state index in [-0.39, 0.29) is 17.6 Å². The topological polar surface area (TPSA) is 55.6 Å². The molecule has 0 aliphatic carbocycles. The lowest BCUT2D eigenvalue weighted by Crippen LogP contribution is -2.48. The van der Waals surface area contributed by atoms with Crippen LogP contribution in [0.2, 0.25) is 0 Å². The Morgan fingerprint density at radius 1 is 1.57 bits per heavy atom. The van der Waals surface area contributed by atoms with Crippen LogP contribution in [0.3, 0.4) is 0 Å². The van der Waals surface area contributed by atoms with E-state index in [1.807, 2.05) is 0 Å². The van der Waals surface area contributed by atoms with Crippen LogP contribution >= 0.6 is 0 Å². The second kappa shape index (κ2) is 4.17. The van der Waals surface area contributed by atoms with Gasteiger partial charge < -0.3 is 15.4 Å². The Balaban J connectivity index is 2.44. The molecule has 82 valence electrons. The third kappa shape index (κ3) is 3.54. The molecular formula is C10H20N2O2. The fourth-order valence-corrected chi connectivity index (χ4v) is 1.73. The molecule has 1 heterocycles. The predicted octanol–water partition coefficient (Wildman–Crippen LogP) is 1.20. The maximum atomic E-state index is 11.0. The highest BCUT2D eigenvalue weighted by Crippen LogP contribution is 2.24. The Morgan fingerprint density at radius 3 is 2.71 bits per heavy atom. The standard InChI is InChI=1S/C10H20N2O2/c1-10(2,3)6-8-7-12(9(11)13)4-5-14-8/h8H,4-7H2,1-3H3,(H2,11,13). The zero-order valence-corrected chi connectivity index (χ0v) is 9.25. The van der Waals surface area contributed by atoms with E-state index in [4.69, 9.17) is 10.5 Å². The minimum Gasteiger partial charge on any atom is -0.375 e. The molecule has 2 amide bonds. The van der Waals surface area contributed by atoms with Gasteiger partial charge in [-0.3, -0.25) is 0 Å². The van der Waals surface area contributed by atoms with Crippen molar-refractivity contribution in [3.05, 3.63) is 0 Å². The molecule has 0 aromatic heterocycles. The molecule has 0 saturated carbocycles. The van der Waals surface area contributed by atoms with Gasteiger partial charge in [-0.05, 0) is 11.8 Å². The molecule has 2 N–H and O–H groups in total. The molecule has 0 bridgehead atoms. The number of rotatable bonds is 1. The van der Waals surface area contributed by atoms with Crippen LogP contribution in [0.1, 0.15) is 27.2 Å². The van der Waals surface area contributed by atoms with Crippen molar-refractivity contribution in [2.24, 2.45) is 11.1 Å². The van der Waals surface area contributed by atoms with Crippen LogP contribution in [0.4, 0.5) is 4.79 Å². The zero-order chi connectivity index (χ0) is 10.8. The molecular weight excluding hydrogens is 180 g/mol. The summed E-state index contributed by atoms with van der Waals surface area (Å²) in [6, 6.07) is -0.341. The van der Waals surface area contributed by atoms with Crippen LogP contribution in [0.5, 0.6) is 0 Å². The highest BCUT2D eigenvalue weighted by Gasteiger charge is 2.26. The quantitative estimate of drug-likeness (QED) is 0.691. The first kappa shape index (κ1) is 11.3. The van der Waals surface area contributed by atoms with E-state index in [1.54, 1.807) is 4.90 Å². The average molecular weight is 200 g/mol. The number of morpholine rings is 1. The first-order valence-corrected chi connectivity index (χ1v) is 5.04. The van der Waals surface area contributed by atoms with E-state index in [0.29, 0.717) is 19.7 Å². The van der Waals surface area contributed by atoms with Crippen LogP contribution in [0.25, 0.3) is 0 Å². The molecule has 0 aromatic rings. The number of hydrogen-bond donors (Lipinski definition) is 1. The SMILES string of the molecule is CC(C)(C)CC1CN(C(N)=O)CCO1. The van der Waals surface area contributed by atoms with Crippen molar-refractivity contribution >= 4 is 6.03 Å². The van der Waals surface area contributed by atoms with Gasteiger partial charge in [0.1, 0.15) is 0 Å². The van der Waals surface area contributed by atoms with E-state index >= 15 is 0 Å². The van der Waals surface area contributed by atoms with Crippen LogP contribution in [-0.2, 0) is 4.74 Å². The average Bonchev–Trinajstić information content (AvgIpc) is 2.01. The molecule has 14 heavy (non-hydrogen) atoms. The predicted molar refractivity (Wildman–Crippen MR) is 55.0 cm³/mol. The minimum atomic E-state index is -0.341. The van der Waals surface area contributed by atoms with E-state index in [0.717, 1.165) is 6.42 Å². The van der Waals surface area contributed by atoms with Crippen molar-refractivity contribution in [1.29, 1.82) is 0 Å². The van der Waals surface area contributed by atoms with Crippen LogP contribution in [-0.4, -0.2) is 36.7 Å². The van der Waals surface area contributed by atoms with Crippen molar-refractivity contribution in [2.45, 2.75) is 33.3 Å². The summed E-state index contributed by atoms with van der Waals surface area (Å²) in [5, 5.41) is 0. The Kier molecular flexibility index (Phi) is 3.37. The van der Waals surface area contributed by atoms with Gasteiger partial charge in [0.2, 0.25) is 0 Å². The van der Waals surface area contributed by atoms with Crippen LogP contribution in [0, 0.1) is 5.41 Å². The van der Waals surface area contributed by atoms with Crippen molar-refractivity contribution in [1.82, 2.24) is 4.90 Å². The summed E-state index contributed by atoms with van der Waals surface area (Å²) in [4.78, 5) is 12.6. The maximum Gasteiger partial charge on any atom is 0.314 e. The molecule has 1 atom stereocenters. The largest absolute Gasteiger partial charge is 0.375 e. The Bertz CT molecular complexity index is 211. The molecule has 1 unspecified atom stereocenters. The molecule has 1 saturated heterocycles. The first-order valence-electron chi connectivity index (χ1n) is 5.04. The highest BCUT2D eigenvalue weighted by atomic mass is 16.5. The number of carbonyl (C=O) groups excluding carboxylic acids is 1. The number of carbonyl (C=O) groups is 1. The lowest BCUT2D eigenvalue weighted by Gasteiger charge is -2.34. The lowest BCUT2D eigenvalue weighted by molar-refractivity contribution is -0.0313. The molecule has 0 aromatic carbocycles. The summed E-state index contributed by atoms with van der Waals surface area (Å²) in [7, 11) is 0. The normalized spacial score (nSPS) is 23.6. The van der Waals surface area contributed by atoms with E-state index in [1.165, 1.54) is 0 Å². The lowest BCUT2D eigenvalue weighted by atomic mass is 9.89. The van der Waals surface area contributed by atoms with Gasteiger partial charge in [-0.2, -0.15) is 0 Å². The molecule has 1 aliphatic rings. The van der Waals surface area contributed by atoms with Crippen LogP contribution < -0.4 is 5.73 Å². The van der Waals surface area contributed by atoms with Crippen molar-refractivity contribution in [2.75, 3.05) is 19.7 Å². The fraction of sp³-hybridized carbons (Fsp3) is 0.900. The first-order chi connectivity index (χ1) is 6.38. The molecule has 4 heteroatoms. The number of hydrogen-bond acceptors (Lipinski definition) is 2. The van der Waals surface area contributed by atoms with Gasteiger partial charge >= 0.3 is 6.03 Å². The van der Waals surface area contributed by atoms with Gasteiger partial charge in [0.25, 0.3) is 0 Å². The van der Waals surface area contributed by atoms with Crippen LogP contribution in [0.15, 0.2) is 0 Å². The minimum absolute atomic E-state index is 0.135. The summed E-state index contributed by atoms with van der Waals surface area (Å²) in [5.41, 5.74) is 5.45. The summed E-state index contributed by atoms with van der Waals surface area (Å²) in [6.45, 7) is 8.35. The second-order valence-corrected chi connectivity index (χ2v) is 5.04. The van der Waals surface area contributed by atoms with Gasteiger partial charge in [0.05, 0.1) is 12.7 Å². The Hall–Kier alpha value is -0.770. The number of amides is 2. The van der Waals surface area contributed by atoms with Gasteiger partial charge in [0.15, 0.2) is 0 Å².